The fourth-order valence-corrected chi connectivity index (χ4v) is 4.10. The lowest BCUT2D eigenvalue weighted by Gasteiger charge is -2.08. The fourth-order valence-electron chi connectivity index (χ4n) is 3.00. The molecule has 0 aliphatic heterocycles. The topological polar surface area (TPSA) is 44.1 Å². The number of benzene rings is 2. The van der Waals surface area contributed by atoms with Crippen molar-refractivity contribution in [3.05, 3.63) is 81.2 Å². The smallest absolute Gasteiger partial charge is 0.263 e. The fraction of sp³-hybridized carbons (Fsp3) is 0.143. The first-order chi connectivity index (χ1) is 13.2. The molecule has 2 aromatic carbocycles. The molecule has 0 aliphatic carbocycles. The second-order valence-corrected chi connectivity index (χ2v) is 7.32. The SMILES string of the molecule is CCOc1ccc(-c2csc3ncn(Cc4ccccc4Cl)c(=O)c23)cc1. The van der Waals surface area contributed by atoms with Gasteiger partial charge in [-0.1, -0.05) is 41.9 Å². The minimum Gasteiger partial charge on any atom is -0.494 e. The quantitative estimate of drug-likeness (QED) is 0.464. The largest absolute Gasteiger partial charge is 0.494 e. The van der Waals surface area contributed by atoms with E-state index in [1.165, 1.54) is 11.3 Å². The summed E-state index contributed by atoms with van der Waals surface area (Å²) in [6, 6.07) is 15.3. The molecule has 0 spiro atoms. The Balaban J connectivity index is 1.77. The van der Waals surface area contributed by atoms with E-state index in [0.29, 0.717) is 23.6 Å². The van der Waals surface area contributed by atoms with Gasteiger partial charge in [0.2, 0.25) is 0 Å². The van der Waals surface area contributed by atoms with Crippen LogP contribution in [0, 0.1) is 0 Å². The molecule has 4 nitrogen and oxygen atoms in total. The van der Waals surface area contributed by atoms with Crippen LogP contribution in [-0.2, 0) is 6.54 Å². The van der Waals surface area contributed by atoms with E-state index in [0.717, 1.165) is 27.3 Å². The number of hydrogen-bond donors (Lipinski definition) is 0. The maximum Gasteiger partial charge on any atom is 0.263 e. The number of rotatable bonds is 5. The molecule has 27 heavy (non-hydrogen) atoms. The summed E-state index contributed by atoms with van der Waals surface area (Å²) in [5, 5.41) is 3.26. The van der Waals surface area contributed by atoms with Gasteiger partial charge in [-0.15, -0.1) is 11.3 Å². The number of ether oxygens (including phenoxy) is 1. The highest BCUT2D eigenvalue weighted by molar-refractivity contribution is 7.17. The van der Waals surface area contributed by atoms with Crippen molar-refractivity contribution in [2.24, 2.45) is 0 Å². The van der Waals surface area contributed by atoms with Crippen LogP contribution in [0.5, 0.6) is 5.75 Å². The lowest BCUT2D eigenvalue weighted by atomic mass is 10.1. The average Bonchev–Trinajstić information content (AvgIpc) is 3.11. The third-order valence-electron chi connectivity index (χ3n) is 4.34. The van der Waals surface area contributed by atoms with E-state index in [9.17, 15) is 4.79 Å². The predicted molar refractivity (Wildman–Crippen MR) is 111 cm³/mol. The van der Waals surface area contributed by atoms with Crippen LogP contribution in [0.4, 0.5) is 0 Å². The molecule has 4 aromatic rings. The number of halogens is 1. The van der Waals surface area contributed by atoms with Gasteiger partial charge in [-0.2, -0.15) is 0 Å². The molecule has 6 heteroatoms. The van der Waals surface area contributed by atoms with Gasteiger partial charge >= 0.3 is 0 Å². The maximum absolute atomic E-state index is 13.1. The molecule has 2 heterocycles. The summed E-state index contributed by atoms with van der Waals surface area (Å²) in [7, 11) is 0. The van der Waals surface area contributed by atoms with Crippen LogP contribution in [0.25, 0.3) is 21.3 Å². The van der Waals surface area contributed by atoms with Crippen LogP contribution in [-0.4, -0.2) is 16.2 Å². The zero-order valence-electron chi connectivity index (χ0n) is 14.7. The third kappa shape index (κ3) is 3.48. The second-order valence-electron chi connectivity index (χ2n) is 6.06. The summed E-state index contributed by atoms with van der Waals surface area (Å²) in [5.41, 5.74) is 2.69. The average molecular weight is 397 g/mol. The first-order valence-corrected chi connectivity index (χ1v) is 9.86. The summed E-state index contributed by atoms with van der Waals surface area (Å²) in [5.74, 6) is 0.815. The Labute approximate surface area is 165 Å². The van der Waals surface area contributed by atoms with Crippen LogP contribution >= 0.6 is 22.9 Å². The van der Waals surface area contributed by atoms with Crippen LogP contribution in [0.2, 0.25) is 5.02 Å². The lowest BCUT2D eigenvalue weighted by Crippen LogP contribution is -2.21. The first-order valence-electron chi connectivity index (χ1n) is 8.60. The molecule has 0 N–H and O–H groups in total. The molecule has 4 rings (SSSR count). The highest BCUT2D eigenvalue weighted by atomic mass is 35.5. The Morgan fingerprint density at radius 3 is 2.67 bits per heavy atom. The van der Waals surface area contributed by atoms with E-state index < -0.39 is 0 Å². The van der Waals surface area contributed by atoms with Gasteiger partial charge in [0.25, 0.3) is 5.56 Å². The maximum atomic E-state index is 13.1. The Kier molecular flexibility index (Phi) is 4.97. The zero-order chi connectivity index (χ0) is 18.8. The van der Waals surface area contributed by atoms with Gasteiger partial charge in [0, 0.05) is 16.0 Å². The molecule has 0 unspecified atom stereocenters. The zero-order valence-corrected chi connectivity index (χ0v) is 16.3. The molecular weight excluding hydrogens is 380 g/mol. The molecule has 0 amide bonds. The monoisotopic (exact) mass is 396 g/mol. The summed E-state index contributed by atoms with van der Waals surface area (Å²) in [4.78, 5) is 18.3. The minimum absolute atomic E-state index is 0.0648. The standard InChI is InChI=1S/C21H17ClN2O2S/c1-2-26-16-9-7-14(8-10-16)17-12-27-20-19(17)21(25)24(13-23-20)11-15-5-3-4-6-18(15)22/h3-10,12-13H,2,11H2,1H3. The van der Waals surface area contributed by atoms with Gasteiger partial charge in [-0.05, 0) is 36.2 Å². The van der Waals surface area contributed by atoms with E-state index in [1.807, 2.05) is 60.8 Å². The normalized spacial score (nSPS) is 11.0. The molecule has 136 valence electrons. The molecule has 0 bridgehead atoms. The van der Waals surface area contributed by atoms with E-state index >= 15 is 0 Å². The molecular formula is C21H17ClN2O2S. The van der Waals surface area contributed by atoms with Crippen molar-refractivity contribution < 1.29 is 4.74 Å². The predicted octanol–water partition coefficient (Wildman–Crippen LogP) is 5.23. The summed E-state index contributed by atoms with van der Waals surface area (Å²) >= 11 is 7.72. The molecule has 0 saturated carbocycles. The Bertz CT molecular complexity index is 1150. The summed E-state index contributed by atoms with van der Waals surface area (Å²) < 4.78 is 7.10. The second kappa shape index (κ2) is 7.55. The van der Waals surface area contributed by atoms with Crippen LogP contribution < -0.4 is 10.3 Å². The van der Waals surface area contributed by atoms with Crippen molar-refractivity contribution in [3.63, 3.8) is 0 Å². The molecule has 0 atom stereocenters. The van der Waals surface area contributed by atoms with Gasteiger partial charge in [0.05, 0.1) is 24.9 Å². The molecule has 0 radical (unpaired) electrons. The number of thiophene rings is 1. The molecule has 2 aromatic heterocycles. The minimum atomic E-state index is -0.0648. The van der Waals surface area contributed by atoms with Crippen molar-refractivity contribution in [2.45, 2.75) is 13.5 Å². The van der Waals surface area contributed by atoms with Gasteiger partial charge in [-0.3, -0.25) is 9.36 Å². The van der Waals surface area contributed by atoms with Crippen molar-refractivity contribution in [3.8, 4) is 16.9 Å². The van der Waals surface area contributed by atoms with Gasteiger partial charge < -0.3 is 4.74 Å². The summed E-state index contributed by atoms with van der Waals surface area (Å²) in [6.07, 6.45) is 1.59. The number of fused-ring (bicyclic) bond motifs is 1. The van der Waals surface area contributed by atoms with Crippen molar-refractivity contribution in [2.75, 3.05) is 6.61 Å². The first kappa shape index (κ1) is 17.8. The van der Waals surface area contributed by atoms with Crippen molar-refractivity contribution in [1.82, 2.24) is 9.55 Å². The Morgan fingerprint density at radius 2 is 1.93 bits per heavy atom. The highest BCUT2D eigenvalue weighted by Gasteiger charge is 2.14. The van der Waals surface area contributed by atoms with Crippen LogP contribution in [0.15, 0.2) is 65.0 Å². The van der Waals surface area contributed by atoms with Crippen LogP contribution in [0.3, 0.4) is 0 Å². The summed E-state index contributed by atoms with van der Waals surface area (Å²) in [6.45, 7) is 2.96. The molecule has 0 fully saturated rings. The number of hydrogen-bond acceptors (Lipinski definition) is 4. The highest BCUT2D eigenvalue weighted by Crippen LogP contribution is 2.31. The number of aromatic nitrogens is 2. The van der Waals surface area contributed by atoms with Gasteiger partial charge in [0.1, 0.15) is 10.6 Å². The molecule has 0 saturated heterocycles. The Morgan fingerprint density at radius 1 is 1.15 bits per heavy atom. The number of nitrogens with zero attached hydrogens (tertiary/aromatic N) is 2. The van der Waals surface area contributed by atoms with Crippen LogP contribution in [0.1, 0.15) is 12.5 Å². The third-order valence-corrected chi connectivity index (χ3v) is 5.59. The lowest BCUT2D eigenvalue weighted by molar-refractivity contribution is 0.340. The Hall–Kier alpha value is -2.63. The van der Waals surface area contributed by atoms with E-state index in [-0.39, 0.29) is 5.56 Å². The van der Waals surface area contributed by atoms with E-state index in [2.05, 4.69) is 4.98 Å². The van der Waals surface area contributed by atoms with Crippen molar-refractivity contribution in [1.29, 1.82) is 0 Å². The van der Waals surface area contributed by atoms with Crippen molar-refractivity contribution >= 4 is 33.2 Å². The van der Waals surface area contributed by atoms with Gasteiger partial charge in [-0.25, -0.2) is 4.98 Å². The van der Waals surface area contributed by atoms with E-state index in [1.54, 1.807) is 10.9 Å². The molecule has 0 aliphatic rings. The van der Waals surface area contributed by atoms with E-state index in [4.69, 9.17) is 16.3 Å². The van der Waals surface area contributed by atoms with Gasteiger partial charge in [0.15, 0.2) is 0 Å².